The van der Waals surface area contributed by atoms with Gasteiger partial charge in [0.15, 0.2) is 17.2 Å². The van der Waals surface area contributed by atoms with Crippen LogP contribution in [0.25, 0.3) is 0 Å². The van der Waals surface area contributed by atoms with Crippen molar-refractivity contribution >= 4 is 11.6 Å². The molecule has 0 saturated carbocycles. The number of carbonyl (C=O) groups excluding carboxylic acids is 1. The Bertz CT molecular complexity index is 1030. The summed E-state index contributed by atoms with van der Waals surface area (Å²) in [7, 11) is 1.03. The van der Waals surface area contributed by atoms with Crippen LogP contribution in [0.2, 0.25) is 0 Å². The first kappa shape index (κ1) is 24.8. The molecule has 1 saturated heterocycles. The fraction of sp³-hybridized carbons (Fsp3) is 0.429. The van der Waals surface area contributed by atoms with Gasteiger partial charge in [-0.25, -0.2) is 4.39 Å². The van der Waals surface area contributed by atoms with Crippen LogP contribution >= 0.6 is 0 Å². The molecule has 0 bridgehead atoms. The first-order valence-electron chi connectivity index (χ1n) is 9.74. The molecule has 0 unspecified atom stereocenters. The van der Waals surface area contributed by atoms with Crippen LogP contribution in [0.15, 0.2) is 30.5 Å². The molecule has 33 heavy (non-hydrogen) atoms. The summed E-state index contributed by atoms with van der Waals surface area (Å²) in [6, 6.07) is 4.33. The summed E-state index contributed by atoms with van der Waals surface area (Å²) in [5.74, 6) is -5.60. The molecule has 7 nitrogen and oxygen atoms in total. The van der Waals surface area contributed by atoms with E-state index in [1.54, 1.807) is 0 Å². The lowest BCUT2D eigenvalue weighted by Crippen LogP contribution is -2.43. The Morgan fingerprint density at radius 3 is 2.67 bits per heavy atom. The second-order valence-electron chi connectivity index (χ2n) is 7.72. The molecule has 1 aromatic carbocycles. The minimum absolute atomic E-state index is 0.0154. The normalized spacial score (nSPS) is 23.9. The van der Waals surface area contributed by atoms with Crippen LogP contribution in [-0.4, -0.2) is 52.7 Å². The second kappa shape index (κ2) is 9.20. The average Bonchev–Trinajstić information content (AvgIpc) is 3.14. The summed E-state index contributed by atoms with van der Waals surface area (Å²) in [6.45, 7) is 0.125. The predicted octanol–water partition coefficient (Wildman–Crippen LogP) is 3.23. The number of amides is 1. The Labute approximate surface area is 185 Å². The molecule has 0 radical (unpaired) electrons. The zero-order valence-electron chi connectivity index (χ0n) is 17.5. The van der Waals surface area contributed by atoms with Gasteiger partial charge in [0.2, 0.25) is 5.82 Å². The highest BCUT2D eigenvalue weighted by atomic mass is 19.4. The average molecular weight is 476 g/mol. The number of rotatable bonds is 6. The quantitative estimate of drug-likeness (QED) is 0.554. The van der Waals surface area contributed by atoms with E-state index in [1.165, 1.54) is 18.3 Å². The predicted molar refractivity (Wildman–Crippen MR) is 105 cm³/mol. The minimum Gasteiger partial charge on any atom is -0.493 e. The number of aliphatic hydroxyl groups is 2. The van der Waals surface area contributed by atoms with Gasteiger partial charge in [0.25, 0.3) is 5.91 Å². The zero-order chi connectivity index (χ0) is 24.6. The van der Waals surface area contributed by atoms with E-state index in [9.17, 15) is 31.9 Å². The van der Waals surface area contributed by atoms with Crippen LogP contribution in [0.5, 0.6) is 5.75 Å². The molecule has 2 heterocycles. The number of pyridine rings is 1. The van der Waals surface area contributed by atoms with Gasteiger partial charge in [-0.15, -0.1) is 0 Å². The third-order valence-corrected chi connectivity index (χ3v) is 5.47. The van der Waals surface area contributed by atoms with Crippen molar-refractivity contribution < 1.29 is 46.4 Å². The second-order valence-corrected chi connectivity index (χ2v) is 7.72. The van der Waals surface area contributed by atoms with Crippen molar-refractivity contribution in [1.29, 1.82) is 0 Å². The Morgan fingerprint density at radius 1 is 1.36 bits per heavy atom. The zero-order valence-corrected chi connectivity index (χ0v) is 17.5. The molecule has 1 aliphatic rings. The van der Waals surface area contributed by atoms with Crippen LogP contribution in [-0.2, 0) is 9.53 Å². The number of aliphatic hydroxyl groups excluding tert-OH is 2. The molecule has 2 aromatic rings. The lowest BCUT2D eigenvalue weighted by atomic mass is 9.85. The van der Waals surface area contributed by atoms with Gasteiger partial charge in [0, 0.05) is 23.4 Å². The summed E-state index contributed by atoms with van der Waals surface area (Å²) in [6.07, 6.45) is -7.47. The highest BCUT2D eigenvalue weighted by Gasteiger charge is 2.61. The third kappa shape index (κ3) is 4.77. The van der Waals surface area contributed by atoms with Crippen LogP contribution in [0.1, 0.15) is 36.6 Å². The Morgan fingerprint density at radius 2 is 2.06 bits per heavy atom. The van der Waals surface area contributed by atoms with Crippen LogP contribution in [0.4, 0.5) is 27.6 Å². The number of hydrogen-bond acceptors (Lipinski definition) is 6. The summed E-state index contributed by atoms with van der Waals surface area (Å²) in [5.41, 5.74) is -2.82. The number of ether oxygens (including phenoxy) is 2. The topological polar surface area (TPSA) is 101 Å². The van der Waals surface area contributed by atoms with Gasteiger partial charge in [-0.1, -0.05) is 6.07 Å². The maximum Gasteiger partial charge on any atom is 0.417 e. The Hall–Kier alpha value is -2.83. The van der Waals surface area contributed by atoms with Gasteiger partial charge in [-0.3, -0.25) is 9.78 Å². The van der Waals surface area contributed by atoms with Gasteiger partial charge in [0.1, 0.15) is 12.2 Å². The Balaban J connectivity index is 1.99. The first-order chi connectivity index (χ1) is 15.4. The summed E-state index contributed by atoms with van der Waals surface area (Å²) < 4.78 is 79.1. The van der Waals surface area contributed by atoms with Crippen molar-refractivity contribution in [3.8, 4) is 5.75 Å². The summed E-state index contributed by atoms with van der Waals surface area (Å²) >= 11 is 0. The number of nitrogens with zero attached hydrogens (tertiary/aromatic N) is 1. The summed E-state index contributed by atoms with van der Waals surface area (Å²) in [4.78, 5) is 16.8. The number of alkyl halides is 3. The first-order valence-corrected chi connectivity index (χ1v) is 9.74. The smallest absolute Gasteiger partial charge is 0.417 e. The number of aromatic nitrogens is 1. The molecular weight excluding hydrogens is 455 g/mol. The fourth-order valence-corrected chi connectivity index (χ4v) is 3.69. The van der Waals surface area contributed by atoms with E-state index in [-0.39, 0.29) is 16.9 Å². The molecule has 1 amide bonds. The third-order valence-electron chi connectivity index (χ3n) is 5.47. The van der Waals surface area contributed by atoms with E-state index in [0.717, 1.165) is 26.2 Å². The lowest BCUT2D eigenvalue weighted by molar-refractivity contribution is -0.261. The molecular formula is C21H21F5N2O5. The van der Waals surface area contributed by atoms with Gasteiger partial charge in [-0.05, 0) is 31.5 Å². The van der Waals surface area contributed by atoms with Crippen LogP contribution in [0, 0.1) is 11.6 Å². The maximum atomic E-state index is 14.3. The molecule has 1 aliphatic heterocycles. The molecule has 12 heteroatoms. The van der Waals surface area contributed by atoms with Gasteiger partial charge >= 0.3 is 6.18 Å². The van der Waals surface area contributed by atoms with Crippen molar-refractivity contribution in [2.75, 3.05) is 19.0 Å². The van der Waals surface area contributed by atoms with Gasteiger partial charge < -0.3 is 25.0 Å². The number of halogens is 5. The number of methoxy groups -OCH3 is 1. The van der Waals surface area contributed by atoms with Crippen LogP contribution < -0.4 is 10.1 Å². The number of nitrogens with one attached hydrogen (secondary N) is 1. The molecule has 4 atom stereocenters. The maximum absolute atomic E-state index is 14.3. The number of carbonyl (C=O) groups is 1. The Kier molecular flexibility index (Phi) is 6.91. The van der Waals surface area contributed by atoms with Crippen molar-refractivity contribution in [3.63, 3.8) is 0 Å². The monoisotopic (exact) mass is 476 g/mol. The van der Waals surface area contributed by atoms with E-state index in [1.807, 2.05) is 0 Å². The lowest BCUT2D eigenvalue weighted by Gasteiger charge is -2.27. The fourth-order valence-electron chi connectivity index (χ4n) is 3.69. The van der Waals surface area contributed by atoms with E-state index >= 15 is 0 Å². The van der Waals surface area contributed by atoms with Crippen molar-refractivity contribution in [3.05, 3.63) is 53.4 Å². The molecule has 3 rings (SSSR count). The van der Waals surface area contributed by atoms with Crippen molar-refractivity contribution in [2.45, 2.75) is 43.2 Å². The number of benzene rings is 1. The van der Waals surface area contributed by atoms with Crippen LogP contribution in [0.3, 0.4) is 0 Å². The van der Waals surface area contributed by atoms with Gasteiger partial charge in [0.05, 0.1) is 19.4 Å². The molecule has 1 aromatic heterocycles. The van der Waals surface area contributed by atoms with Gasteiger partial charge in [-0.2, -0.15) is 17.6 Å². The molecule has 0 spiro atoms. The van der Waals surface area contributed by atoms with Crippen molar-refractivity contribution in [1.82, 2.24) is 4.98 Å². The van der Waals surface area contributed by atoms with Crippen molar-refractivity contribution in [2.24, 2.45) is 0 Å². The summed E-state index contributed by atoms with van der Waals surface area (Å²) in [5, 5.41) is 21.1. The molecule has 3 N–H and O–H groups in total. The SMILES string of the molecule is COc1c([C@@H]2C[C@](C)(C(F)(F)F)O[C@H]2C(=O)Nc2ccnc([C@H](O)CO)c2)ccc(F)c1F. The standard InChI is InChI=1S/C21H21F5N2O5/c1-20(21(24,25)26)8-12(11-3-4-13(22)16(23)17(11)32-2)18(33-20)19(31)28-10-5-6-27-14(7-10)15(30)9-29/h3-7,12,15,18,29-30H,8-9H2,1-2H3,(H,27,28,31)/t12-,15+,18+,20+/m0/s1. The van der Waals surface area contributed by atoms with E-state index in [2.05, 4.69) is 10.3 Å². The highest BCUT2D eigenvalue weighted by molar-refractivity contribution is 5.95. The van der Waals surface area contributed by atoms with E-state index in [4.69, 9.17) is 14.6 Å². The number of hydrogen-bond donors (Lipinski definition) is 3. The van der Waals surface area contributed by atoms with E-state index in [0.29, 0.717) is 0 Å². The molecule has 0 aliphatic carbocycles. The number of anilines is 1. The molecule has 180 valence electrons. The van der Waals surface area contributed by atoms with E-state index < -0.39 is 66.2 Å². The largest absolute Gasteiger partial charge is 0.493 e. The highest BCUT2D eigenvalue weighted by Crippen LogP contribution is 2.51. The molecule has 1 fully saturated rings. The minimum atomic E-state index is -4.86.